The molecule has 1 heterocycles. The molecule has 0 bridgehead atoms. The van der Waals surface area contributed by atoms with Gasteiger partial charge in [0.05, 0.1) is 0 Å². The SMILES string of the molecule is CCN(Cc1ccncc1)C(=O)[C@@H]1C[C@H]1C. The molecular formula is C13H18N2O. The average Bonchev–Trinajstić information content (AvgIpc) is 3.04. The summed E-state index contributed by atoms with van der Waals surface area (Å²) < 4.78 is 0. The number of hydrogen-bond donors (Lipinski definition) is 0. The van der Waals surface area contributed by atoms with E-state index in [0.717, 1.165) is 18.5 Å². The van der Waals surface area contributed by atoms with Gasteiger partial charge >= 0.3 is 0 Å². The third kappa shape index (κ3) is 2.40. The number of rotatable bonds is 4. The zero-order chi connectivity index (χ0) is 11.5. The quantitative estimate of drug-likeness (QED) is 0.775. The van der Waals surface area contributed by atoms with E-state index < -0.39 is 0 Å². The van der Waals surface area contributed by atoms with Crippen molar-refractivity contribution in [2.75, 3.05) is 6.54 Å². The summed E-state index contributed by atoms with van der Waals surface area (Å²) in [5.74, 6) is 1.17. The fraction of sp³-hybridized carbons (Fsp3) is 0.538. The third-order valence-electron chi connectivity index (χ3n) is 3.24. The highest BCUT2D eigenvalue weighted by Gasteiger charge is 2.41. The number of carbonyl (C=O) groups excluding carboxylic acids is 1. The van der Waals surface area contributed by atoms with Crippen molar-refractivity contribution in [1.82, 2.24) is 9.88 Å². The Kier molecular flexibility index (Phi) is 3.22. The number of carbonyl (C=O) groups is 1. The van der Waals surface area contributed by atoms with Crippen molar-refractivity contribution in [1.29, 1.82) is 0 Å². The van der Waals surface area contributed by atoms with Crippen molar-refractivity contribution in [3.05, 3.63) is 30.1 Å². The van der Waals surface area contributed by atoms with E-state index in [1.807, 2.05) is 24.0 Å². The Morgan fingerprint density at radius 2 is 2.12 bits per heavy atom. The molecule has 0 radical (unpaired) electrons. The number of pyridine rings is 1. The van der Waals surface area contributed by atoms with E-state index in [4.69, 9.17) is 0 Å². The molecule has 1 aromatic heterocycles. The fourth-order valence-corrected chi connectivity index (χ4v) is 1.95. The number of amides is 1. The van der Waals surface area contributed by atoms with Crippen molar-refractivity contribution in [2.24, 2.45) is 11.8 Å². The first-order valence-electron chi connectivity index (χ1n) is 5.90. The van der Waals surface area contributed by atoms with Gasteiger partial charge < -0.3 is 4.90 Å². The molecule has 1 fully saturated rings. The highest BCUT2D eigenvalue weighted by atomic mass is 16.2. The van der Waals surface area contributed by atoms with Crippen LogP contribution in [0.1, 0.15) is 25.8 Å². The Balaban J connectivity index is 1.98. The van der Waals surface area contributed by atoms with E-state index in [1.54, 1.807) is 12.4 Å². The van der Waals surface area contributed by atoms with Crippen LogP contribution >= 0.6 is 0 Å². The minimum Gasteiger partial charge on any atom is -0.338 e. The number of aromatic nitrogens is 1. The summed E-state index contributed by atoms with van der Waals surface area (Å²) in [7, 11) is 0. The molecule has 1 aliphatic rings. The van der Waals surface area contributed by atoms with Gasteiger partial charge in [-0.3, -0.25) is 9.78 Å². The molecule has 1 aromatic rings. The normalized spacial score (nSPS) is 22.9. The molecular weight excluding hydrogens is 200 g/mol. The average molecular weight is 218 g/mol. The van der Waals surface area contributed by atoms with Crippen molar-refractivity contribution < 1.29 is 4.79 Å². The van der Waals surface area contributed by atoms with E-state index >= 15 is 0 Å². The van der Waals surface area contributed by atoms with Crippen LogP contribution in [0.4, 0.5) is 0 Å². The molecule has 3 heteroatoms. The van der Waals surface area contributed by atoms with Gasteiger partial charge in [-0.05, 0) is 37.0 Å². The van der Waals surface area contributed by atoms with Gasteiger partial charge in [0, 0.05) is 31.4 Å². The standard InChI is InChI=1S/C13H18N2O/c1-3-15(13(16)12-8-10(12)2)9-11-4-6-14-7-5-11/h4-7,10,12H,3,8-9H2,1-2H3/t10-,12-/m1/s1. The lowest BCUT2D eigenvalue weighted by molar-refractivity contribution is -0.133. The van der Waals surface area contributed by atoms with Crippen LogP contribution in [0.3, 0.4) is 0 Å². The molecule has 1 saturated carbocycles. The second-order valence-electron chi connectivity index (χ2n) is 4.53. The Bertz CT molecular complexity index is 363. The number of nitrogens with zero attached hydrogens (tertiary/aromatic N) is 2. The summed E-state index contributed by atoms with van der Waals surface area (Å²) in [6.07, 6.45) is 4.60. The van der Waals surface area contributed by atoms with Crippen LogP contribution in [0.2, 0.25) is 0 Å². The smallest absolute Gasteiger partial charge is 0.226 e. The van der Waals surface area contributed by atoms with Crippen LogP contribution in [-0.2, 0) is 11.3 Å². The molecule has 1 aliphatic carbocycles. The summed E-state index contributed by atoms with van der Waals surface area (Å²) in [6.45, 7) is 5.67. The maximum Gasteiger partial charge on any atom is 0.226 e. The second-order valence-corrected chi connectivity index (χ2v) is 4.53. The predicted octanol–water partition coefficient (Wildman–Crippen LogP) is 2.09. The largest absolute Gasteiger partial charge is 0.338 e. The highest BCUT2D eigenvalue weighted by Crippen LogP contribution is 2.39. The lowest BCUT2D eigenvalue weighted by Crippen LogP contribution is -2.31. The third-order valence-corrected chi connectivity index (χ3v) is 3.24. The summed E-state index contributed by atoms with van der Waals surface area (Å²) in [5.41, 5.74) is 1.15. The van der Waals surface area contributed by atoms with Gasteiger partial charge in [-0.1, -0.05) is 6.92 Å². The zero-order valence-electron chi connectivity index (χ0n) is 9.89. The van der Waals surface area contributed by atoms with Gasteiger partial charge in [-0.2, -0.15) is 0 Å². The lowest BCUT2D eigenvalue weighted by Gasteiger charge is -2.21. The molecule has 86 valence electrons. The first kappa shape index (κ1) is 11.1. The van der Waals surface area contributed by atoms with Crippen LogP contribution in [0.15, 0.2) is 24.5 Å². The molecule has 0 saturated heterocycles. The molecule has 0 aromatic carbocycles. The van der Waals surface area contributed by atoms with E-state index in [-0.39, 0.29) is 5.92 Å². The molecule has 3 nitrogen and oxygen atoms in total. The van der Waals surface area contributed by atoms with E-state index in [0.29, 0.717) is 18.4 Å². The molecule has 0 spiro atoms. The monoisotopic (exact) mass is 218 g/mol. The lowest BCUT2D eigenvalue weighted by atomic mass is 10.2. The summed E-state index contributed by atoms with van der Waals surface area (Å²) in [5, 5.41) is 0. The van der Waals surface area contributed by atoms with Crippen molar-refractivity contribution in [3.63, 3.8) is 0 Å². The molecule has 16 heavy (non-hydrogen) atoms. The van der Waals surface area contributed by atoms with Crippen LogP contribution in [0.5, 0.6) is 0 Å². The van der Waals surface area contributed by atoms with Crippen LogP contribution in [0, 0.1) is 11.8 Å². The maximum atomic E-state index is 12.1. The highest BCUT2D eigenvalue weighted by molar-refractivity contribution is 5.81. The predicted molar refractivity (Wildman–Crippen MR) is 62.6 cm³/mol. The van der Waals surface area contributed by atoms with Gasteiger partial charge in [0.25, 0.3) is 0 Å². The van der Waals surface area contributed by atoms with E-state index in [9.17, 15) is 4.79 Å². The molecule has 0 aliphatic heterocycles. The Morgan fingerprint density at radius 3 is 2.62 bits per heavy atom. The van der Waals surface area contributed by atoms with Gasteiger partial charge in [0.1, 0.15) is 0 Å². The summed E-state index contributed by atoms with van der Waals surface area (Å²) >= 11 is 0. The molecule has 0 unspecified atom stereocenters. The van der Waals surface area contributed by atoms with Gasteiger partial charge in [-0.15, -0.1) is 0 Å². The first-order valence-corrected chi connectivity index (χ1v) is 5.90. The fourth-order valence-electron chi connectivity index (χ4n) is 1.95. The molecule has 2 rings (SSSR count). The zero-order valence-corrected chi connectivity index (χ0v) is 9.89. The van der Waals surface area contributed by atoms with Crippen molar-refractivity contribution >= 4 is 5.91 Å². The van der Waals surface area contributed by atoms with Gasteiger partial charge in [0.2, 0.25) is 5.91 Å². The van der Waals surface area contributed by atoms with E-state index in [2.05, 4.69) is 11.9 Å². The van der Waals surface area contributed by atoms with Crippen LogP contribution in [0.25, 0.3) is 0 Å². The summed E-state index contributed by atoms with van der Waals surface area (Å²) in [4.78, 5) is 18.0. The first-order chi connectivity index (χ1) is 7.72. The Morgan fingerprint density at radius 1 is 1.50 bits per heavy atom. The Labute approximate surface area is 96.5 Å². The minimum absolute atomic E-state index is 0.279. The maximum absolute atomic E-state index is 12.1. The van der Waals surface area contributed by atoms with E-state index in [1.165, 1.54) is 0 Å². The minimum atomic E-state index is 0.279. The van der Waals surface area contributed by atoms with Gasteiger partial charge in [0.15, 0.2) is 0 Å². The summed E-state index contributed by atoms with van der Waals surface area (Å²) in [6, 6.07) is 3.93. The number of hydrogen-bond acceptors (Lipinski definition) is 2. The van der Waals surface area contributed by atoms with Crippen molar-refractivity contribution in [3.8, 4) is 0 Å². The molecule has 1 amide bonds. The molecule has 2 atom stereocenters. The Hall–Kier alpha value is -1.38. The molecule has 0 N–H and O–H groups in total. The van der Waals surface area contributed by atoms with Crippen molar-refractivity contribution in [2.45, 2.75) is 26.8 Å². The van der Waals surface area contributed by atoms with Crippen LogP contribution < -0.4 is 0 Å². The second kappa shape index (κ2) is 4.64. The topological polar surface area (TPSA) is 33.2 Å². The van der Waals surface area contributed by atoms with Crippen LogP contribution in [-0.4, -0.2) is 22.3 Å². The van der Waals surface area contributed by atoms with Gasteiger partial charge in [-0.25, -0.2) is 0 Å².